The van der Waals surface area contributed by atoms with Crippen LogP contribution in [-0.4, -0.2) is 23.0 Å². The number of hydrogen-bond donors (Lipinski definition) is 2. The van der Waals surface area contributed by atoms with Crippen molar-refractivity contribution >= 4 is 23.5 Å². The molecule has 0 saturated carbocycles. The Morgan fingerprint density at radius 1 is 1.08 bits per heavy atom. The van der Waals surface area contributed by atoms with E-state index >= 15 is 0 Å². The molecule has 2 atom stereocenters. The smallest absolute Gasteiger partial charge is 0.335 e. The van der Waals surface area contributed by atoms with Gasteiger partial charge < -0.3 is 15.2 Å². The first-order valence-electron chi connectivity index (χ1n) is 7.43. The zero-order valence-corrected chi connectivity index (χ0v) is 12.6. The second kappa shape index (κ2) is 6.54. The molecule has 1 saturated heterocycles. The maximum atomic E-state index is 12.5. The number of rotatable bonds is 4. The lowest BCUT2D eigenvalue weighted by Crippen LogP contribution is -2.25. The summed E-state index contributed by atoms with van der Waals surface area (Å²) >= 11 is 0. The van der Waals surface area contributed by atoms with Gasteiger partial charge in [0.15, 0.2) is 0 Å². The standard InChI is InChI=1S/C18H15NO5/c20-15-10-14(16(24-15)11-5-2-1-3-6-11)17(21)19-13-8-4-7-12(9-13)18(22)23/h1-9,14,16H,10H2,(H,19,21)(H,22,23)/t14-,16+/m1/s1. The highest BCUT2D eigenvalue weighted by atomic mass is 16.6. The minimum Gasteiger partial charge on any atom is -0.478 e. The van der Waals surface area contributed by atoms with Crippen molar-refractivity contribution in [2.75, 3.05) is 5.32 Å². The zero-order valence-electron chi connectivity index (χ0n) is 12.6. The van der Waals surface area contributed by atoms with Crippen molar-refractivity contribution in [1.82, 2.24) is 0 Å². The fraction of sp³-hybridized carbons (Fsp3) is 0.167. The number of carboxylic acids is 1. The van der Waals surface area contributed by atoms with Gasteiger partial charge in [-0.2, -0.15) is 0 Å². The number of benzene rings is 2. The van der Waals surface area contributed by atoms with Gasteiger partial charge in [-0.15, -0.1) is 0 Å². The van der Waals surface area contributed by atoms with Crippen molar-refractivity contribution in [3.8, 4) is 0 Å². The van der Waals surface area contributed by atoms with E-state index in [0.717, 1.165) is 5.56 Å². The van der Waals surface area contributed by atoms with E-state index in [4.69, 9.17) is 9.84 Å². The summed E-state index contributed by atoms with van der Waals surface area (Å²) in [6.45, 7) is 0. The predicted molar refractivity (Wildman–Crippen MR) is 85.4 cm³/mol. The molecule has 24 heavy (non-hydrogen) atoms. The third-order valence-corrected chi connectivity index (χ3v) is 3.85. The first-order chi connectivity index (χ1) is 11.5. The van der Waals surface area contributed by atoms with Gasteiger partial charge in [-0.25, -0.2) is 4.79 Å². The quantitative estimate of drug-likeness (QED) is 0.843. The average molecular weight is 325 g/mol. The normalized spacial score (nSPS) is 19.6. The molecule has 2 aromatic rings. The number of carbonyl (C=O) groups excluding carboxylic acids is 2. The van der Waals surface area contributed by atoms with Crippen molar-refractivity contribution in [2.24, 2.45) is 5.92 Å². The Labute approximate surface area is 138 Å². The van der Waals surface area contributed by atoms with Gasteiger partial charge in [0.1, 0.15) is 6.10 Å². The maximum Gasteiger partial charge on any atom is 0.335 e. The molecule has 3 rings (SSSR count). The third kappa shape index (κ3) is 3.27. The number of nitrogens with one attached hydrogen (secondary N) is 1. The van der Waals surface area contributed by atoms with Gasteiger partial charge in [0.2, 0.25) is 5.91 Å². The van der Waals surface area contributed by atoms with Gasteiger partial charge in [-0.05, 0) is 23.8 Å². The fourth-order valence-electron chi connectivity index (χ4n) is 2.70. The van der Waals surface area contributed by atoms with E-state index in [9.17, 15) is 14.4 Å². The molecule has 2 N–H and O–H groups in total. The second-order valence-electron chi connectivity index (χ2n) is 5.51. The molecule has 2 aromatic carbocycles. The molecular formula is C18H15NO5. The van der Waals surface area contributed by atoms with E-state index in [1.165, 1.54) is 12.1 Å². The molecule has 1 amide bonds. The van der Waals surface area contributed by atoms with Crippen LogP contribution in [0.1, 0.15) is 28.4 Å². The number of esters is 1. The Bertz CT molecular complexity index is 787. The summed E-state index contributed by atoms with van der Waals surface area (Å²) in [4.78, 5) is 35.2. The van der Waals surface area contributed by atoms with E-state index < -0.39 is 24.0 Å². The van der Waals surface area contributed by atoms with Crippen LogP contribution in [0.4, 0.5) is 5.69 Å². The fourth-order valence-corrected chi connectivity index (χ4v) is 2.70. The Balaban J connectivity index is 1.79. The van der Waals surface area contributed by atoms with Crippen molar-refractivity contribution in [2.45, 2.75) is 12.5 Å². The van der Waals surface area contributed by atoms with Crippen LogP contribution in [0, 0.1) is 5.92 Å². The minimum atomic E-state index is -1.08. The topological polar surface area (TPSA) is 92.7 Å². The first kappa shape index (κ1) is 15.7. The van der Waals surface area contributed by atoms with Crippen LogP contribution in [0.25, 0.3) is 0 Å². The summed E-state index contributed by atoms with van der Waals surface area (Å²) in [5.74, 6) is -2.54. The Kier molecular flexibility index (Phi) is 4.29. The van der Waals surface area contributed by atoms with Gasteiger partial charge in [0.25, 0.3) is 0 Å². The molecule has 0 bridgehead atoms. The predicted octanol–water partition coefficient (Wildman–Crippen LogP) is 2.63. The molecule has 1 aliphatic heterocycles. The van der Waals surface area contributed by atoms with Crippen molar-refractivity contribution in [3.05, 3.63) is 65.7 Å². The molecular weight excluding hydrogens is 310 g/mol. The van der Waals surface area contributed by atoms with Crippen LogP contribution in [-0.2, 0) is 14.3 Å². The number of cyclic esters (lactones) is 1. The van der Waals surface area contributed by atoms with E-state index in [2.05, 4.69) is 5.32 Å². The number of hydrogen-bond acceptors (Lipinski definition) is 4. The van der Waals surface area contributed by atoms with Crippen LogP contribution in [0.5, 0.6) is 0 Å². The SMILES string of the molecule is O=C1C[C@@H](C(=O)Nc2cccc(C(=O)O)c2)[C@H](c2ccccc2)O1. The molecule has 1 fully saturated rings. The Morgan fingerprint density at radius 2 is 1.83 bits per heavy atom. The van der Waals surface area contributed by atoms with Gasteiger partial charge in [-0.1, -0.05) is 36.4 Å². The van der Waals surface area contributed by atoms with Crippen molar-refractivity contribution in [1.29, 1.82) is 0 Å². The molecule has 0 unspecified atom stereocenters. The molecule has 122 valence electrons. The van der Waals surface area contributed by atoms with E-state index in [1.807, 2.05) is 18.2 Å². The molecule has 6 heteroatoms. The lowest BCUT2D eigenvalue weighted by molar-refractivity contribution is -0.141. The van der Waals surface area contributed by atoms with Crippen LogP contribution >= 0.6 is 0 Å². The van der Waals surface area contributed by atoms with Gasteiger partial charge in [0.05, 0.1) is 17.9 Å². The highest BCUT2D eigenvalue weighted by molar-refractivity contribution is 5.97. The minimum absolute atomic E-state index is 0.00991. The van der Waals surface area contributed by atoms with Crippen molar-refractivity contribution < 1.29 is 24.2 Å². The maximum absolute atomic E-state index is 12.5. The van der Waals surface area contributed by atoms with E-state index in [1.54, 1.807) is 24.3 Å². The molecule has 0 spiro atoms. The van der Waals surface area contributed by atoms with Gasteiger partial charge in [0, 0.05) is 5.69 Å². The van der Waals surface area contributed by atoms with Crippen molar-refractivity contribution in [3.63, 3.8) is 0 Å². The number of aromatic carboxylic acids is 1. The van der Waals surface area contributed by atoms with Gasteiger partial charge >= 0.3 is 11.9 Å². The number of amides is 1. The second-order valence-corrected chi connectivity index (χ2v) is 5.51. The lowest BCUT2D eigenvalue weighted by atomic mass is 9.94. The van der Waals surface area contributed by atoms with Crippen LogP contribution in [0.2, 0.25) is 0 Å². The molecule has 0 aliphatic carbocycles. The summed E-state index contributed by atoms with van der Waals surface area (Å²) < 4.78 is 5.29. The van der Waals surface area contributed by atoms with Crippen LogP contribution < -0.4 is 5.32 Å². The highest BCUT2D eigenvalue weighted by Gasteiger charge is 2.40. The largest absolute Gasteiger partial charge is 0.478 e. The third-order valence-electron chi connectivity index (χ3n) is 3.85. The lowest BCUT2D eigenvalue weighted by Gasteiger charge is -2.17. The Hall–Kier alpha value is -3.15. The average Bonchev–Trinajstić information content (AvgIpc) is 2.98. The highest BCUT2D eigenvalue weighted by Crippen LogP contribution is 2.36. The van der Waals surface area contributed by atoms with Gasteiger partial charge in [-0.3, -0.25) is 9.59 Å². The molecule has 0 aromatic heterocycles. The monoisotopic (exact) mass is 325 g/mol. The number of carbonyl (C=O) groups is 3. The summed E-state index contributed by atoms with van der Waals surface area (Å²) in [5.41, 5.74) is 1.19. The zero-order chi connectivity index (χ0) is 17.1. The van der Waals surface area contributed by atoms with E-state index in [-0.39, 0.29) is 17.9 Å². The Morgan fingerprint density at radius 3 is 2.54 bits per heavy atom. The molecule has 0 radical (unpaired) electrons. The molecule has 1 aliphatic rings. The number of anilines is 1. The molecule has 6 nitrogen and oxygen atoms in total. The van der Waals surface area contributed by atoms with Crippen LogP contribution in [0.3, 0.4) is 0 Å². The summed E-state index contributed by atoms with van der Waals surface area (Å²) in [7, 11) is 0. The first-order valence-corrected chi connectivity index (χ1v) is 7.43. The summed E-state index contributed by atoms with van der Waals surface area (Å²) in [5, 5.41) is 11.7. The van der Waals surface area contributed by atoms with E-state index in [0.29, 0.717) is 5.69 Å². The van der Waals surface area contributed by atoms with Crippen LogP contribution in [0.15, 0.2) is 54.6 Å². The number of carboxylic acid groups (broad SMARTS) is 1. The number of ether oxygens (including phenoxy) is 1. The summed E-state index contributed by atoms with van der Waals surface area (Å²) in [6, 6.07) is 15.0. The summed E-state index contributed by atoms with van der Waals surface area (Å²) in [6.07, 6.45) is -0.648. The molecule has 1 heterocycles.